The van der Waals surface area contributed by atoms with Crippen LogP contribution in [0, 0.1) is 34.5 Å². The molecule has 0 heterocycles. The molecule has 4 nitrogen and oxygen atoms in total. The van der Waals surface area contributed by atoms with Crippen LogP contribution in [-0.2, 0) is 0 Å². The third kappa shape index (κ3) is 3.23. The van der Waals surface area contributed by atoms with Crippen LogP contribution in [0.25, 0.3) is 0 Å². The van der Waals surface area contributed by atoms with Gasteiger partial charge < -0.3 is 20.4 Å². The Kier molecular flexibility index (Phi) is 6.06. The first-order valence-corrected chi connectivity index (χ1v) is 13.0. The molecule has 3 fully saturated rings. The average Bonchev–Trinajstić information content (AvgIpc) is 3.07. The van der Waals surface area contributed by atoms with Crippen molar-refractivity contribution in [2.45, 2.75) is 116 Å². The maximum Gasteiger partial charge on any atom is 0.105 e. The van der Waals surface area contributed by atoms with E-state index >= 15 is 0 Å². The van der Waals surface area contributed by atoms with E-state index in [1.807, 2.05) is 6.92 Å². The van der Waals surface area contributed by atoms with Crippen LogP contribution in [0.4, 0.5) is 0 Å². The van der Waals surface area contributed by atoms with Gasteiger partial charge in [-0.25, -0.2) is 0 Å². The maximum atomic E-state index is 12.2. The number of aliphatic hydroxyl groups is 4. The first-order chi connectivity index (χ1) is 14.8. The largest absolute Gasteiger partial charge is 0.393 e. The molecule has 0 bridgehead atoms. The van der Waals surface area contributed by atoms with Crippen LogP contribution in [0.15, 0.2) is 23.8 Å². The van der Waals surface area contributed by atoms with Crippen molar-refractivity contribution in [3.8, 4) is 0 Å². The van der Waals surface area contributed by atoms with Gasteiger partial charge in [0, 0.05) is 11.8 Å². The van der Waals surface area contributed by atoms with Crippen LogP contribution < -0.4 is 0 Å². The molecule has 0 aromatic carbocycles. The summed E-state index contributed by atoms with van der Waals surface area (Å²) in [6, 6.07) is 0. The van der Waals surface area contributed by atoms with Gasteiger partial charge in [-0.05, 0) is 86.0 Å². The van der Waals surface area contributed by atoms with Crippen molar-refractivity contribution in [1.29, 1.82) is 0 Å². The zero-order valence-corrected chi connectivity index (χ0v) is 20.9. The van der Waals surface area contributed by atoms with E-state index in [2.05, 4.69) is 34.3 Å². The van der Waals surface area contributed by atoms with Crippen molar-refractivity contribution >= 4 is 0 Å². The fourth-order valence-corrected chi connectivity index (χ4v) is 8.38. The molecule has 0 aromatic heterocycles. The van der Waals surface area contributed by atoms with E-state index in [0.717, 1.165) is 37.7 Å². The number of allylic oxidation sites excluding steroid dienone is 1. The molecule has 4 N–H and O–H groups in total. The molecule has 0 amide bonds. The van der Waals surface area contributed by atoms with E-state index in [0.29, 0.717) is 37.0 Å². The molecule has 9 atom stereocenters. The Labute approximate surface area is 194 Å². The van der Waals surface area contributed by atoms with Gasteiger partial charge >= 0.3 is 0 Å². The standard InChI is InChI=1S/C28H46O4/c1-17(2)18(3)7-8-19(4)21-9-10-22-23-15-24(30)28(32)16-20(29)11-12-26(28,6)27(23,31)14-13-25(21,22)5/h15,17,19-22,24,29-32H,3,7-14,16H2,1-2,4-6H3. The van der Waals surface area contributed by atoms with E-state index in [-0.39, 0.29) is 17.8 Å². The molecule has 0 aliphatic heterocycles. The lowest BCUT2D eigenvalue weighted by molar-refractivity contribution is -0.258. The maximum absolute atomic E-state index is 12.2. The predicted octanol–water partition coefficient (Wildman–Crippen LogP) is 4.76. The fraction of sp³-hybridized carbons (Fsp3) is 0.857. The minimum Gasteiger partial charge on any atom is -0.393 e. The number of hydrogen-bond acceptors (Lipinski definition) is 4. The number of rotatable bonds is 5. The van der Waals surface area contributed by atoms with Gasteiger partial charge in [-0.3, -0.25) is 0 Å². The Morgan fingerprint density at radius 2 is 1.75 bits per heavy atom. The lowest BCUT2D eigenvalue weighted by Crippen LogP contribution is -2.72. The summed E-state index contributed by atoms with van der Waals surface area (Å²) in [4.78, 5) is 0. The minimum absolute atomic E-state index is 0.108. The molecule has 4 aliphatic rings. The predicted molar refractivity (Wildman–Crippen MR) is 128 cm³/mol. The van der Waals surface area contributed by atoms with E-state index in [1.165, 1.54) is 5.57 Å². The molecular formula is C28H46O4. The van der Waals surface area contributed by atoms with Gasteiger partial charge in [0.15, 0.2) is 0 Å². The van der Waals surface area contributed by atoms with E-state index in [9.17, 15) is 20.4 Å². The van der Waals surface area contributed by atoms with Crippen LogP contribution in [-0.4, -0.2) is 43.8 Å². The first-order valence-electron chi connectivity index (χ1n) is 13.0. The molecule has 3 saturated carbocycles. The highest BCUT2D eigenvalue weighted by Gasteiger charge is 2.71. The number of hydrogen-bond donors (Lipinski definition) is 4. The van der Waals surface area contributed by atoms with Crippen LogP contribution in [0.1, 0.15) is 92.4 Å². The zero-order chi connectivity index (χ0) is 23.7. The van der Waals surface area contributed by atoms with Crippen molar-refractivity contribution in [2.24, 2.45) is 34.5 Å². The van der Waals surface area contributed by atoms with Gasteiger partial charge in [-0.2, -0.15) is 0 Å². The summed E-state index contributed by atoms with van der Waals surface area (Å²) in [5.74, 6) is 1.96. The van der Waals surface area contributed by atoms with Crippen LogP contribution in [0.3, 0.4) is 0 Å². The molecule has 4 rings (SSSR count). The zero-order valence-electron chi connectivity index (χ0n) is 20.9. The molecule has 4 heteroatoms. The smallest absolute Gasteiger partial charge is 0.105 e. The highest BCUT2D eigenvalue weighted by atomic mass is 16.4. The summed E-state index contributed by atoms with van der Waals surface area (Å²) in [6.07, 6.45) is 7.30. The van der Waals surface area contributed by atoms with Crippen LogP contribution in [0.2, 0.25) is 0 Å². The lowest BCUT2D eigenvalue weighted by Gasteiger charge is -2.65. The quantitative estimate of drug-likeness (QED) is 0.459. The topological polar surface area (TPSA) is 80.9 Å². The molecule has 32 heavy (non-hydrogen) atoms. The summed E-state index contributed by atoms with van der Waals surface area (Å²) in [5.41, 5.74) is -1.03. The van der Waals surface area contributed by atoms with Crippen molar-refractivity contribution in [3.63, 3.8) is 0 Å². The molecule has 0 aromatic rings. The Hall–Kier alpha value is -0.680. The Balaban J connectivity index is 1.63. The van der Waals surface area contributed by atoms with Crippen molar-refractivity contribution < 1.29 is 20.4 Å². The summed E-state index contributed by atoms with van der Waals surface area (Å²) in [7, 11) is 0. The molecule has 0 spiro atoms. The average molecular weight is 447 g/mol. The van der Waals surface area contributed by atoms with Gasteiger partial charge in [-0.15, -0.1) is 0 Å². The monoisotopic (exact) mass is 446 g/mol. The lowest BCUT2D eigenvalue weighted by atomic mass is 9.43. The first kappa shape index (κ1) is 24.4. The van der Waals surface area contributed by atoms with Gasteiger partial charge in [0.25, 0.3) is 0 Å². The highest BCUT2D eigenvalue weighted by Crippen LogP contribution is 2.69. The Bertz CT molecular complexity index is 788. The van der Waals surface area contributed by atoms with Crippen molar-refractivity contribution in [3.05, 3.63) is 23.8 Å². The third-order valence-corrected chi connectivity index (χ3v) is 10.9. The second-order valence-corrected chi connectivity index (χ2v) is 12.7. The van der Waals surface area contributed by atoms with Crippen LogP contribution in [0.5, 0.6) is 0 Å². The van der Waals surface area contributed by atoms with Gasteiger partial charge in [0.05, 0.1) is 11.7 Å². The summed E-state index contributed by atoms with van der Waals surface area (Å²) in [5, 5.41) is 45.2. The fourth-order valence-electron chi connectivity index (χ4n) is 8.38. The third-order valence-electron chi connectivity index (χ3n) is 10.9. The molecule has 0 saturated heterocycles. The molecule has 0 radical (unpaired) electrons. The summed E-state index contributed by atoms with van der Waals surface area (Å²) >= 11 is 0. The van der Waals surface area contributed by atoms with Gasteiger partial charge in [0.1, 0.15) is 11.7 Å². The van der Waals surface area contributed by atoms with Crippen molar-refractivity contribution in [1.82, 2.24) is 0 Å². The van der Waals surface area contributed by atoms with E-state index < -0.39 is 28.8 Å². The summed E-state index contributed by atoms with van der Waals surface area (Å²) < 4.78 is 0. The highest BCUT2D eigenvalue weighted by molar-refractivity contribution is 5.40. The van der Waals surface area contributed by atoms with Crippen LogP contribution >= 0.6 is 0 Å². The molecular weight excluding hydrogens is 400 g/mol. The Morgan fingerprint density at radius 3 is 2.41 bits per heavy atom. The normalized spacial score (nSPS) is 49.1. The minimum atomic E-state index is -1.49. The van der Waals surface area contributed by atoms with Gasteiger partial charge in [0.2, 0.25) is 0 Å². The molecule has 182 valence electrons. The number of fused-ring (bicyclic) bond motifs is 5. The van der Waals surface area contributed by atoms with Gasteiger partial charge in [-0.1, -0.05) is 52.8 Å². The van der Waals surface area contributed by atoms with Crippen molar-refractivity contribution in [2.75, 3.05) is 0 Å². The van der Waals surface area contributed by atoms with E-state index in [1.54, 1.807) is 6.08 Å². The second-order valence-electron chi connectivity index (χ2n) is 12.7. The molecule has 9 unspecified atom stereocenters. The molecule has 4 aliphatic carbocycles. The second kappa shape index (κ2) is 7.93. The Morgan fingerprint density at radius 1 is 1.06 bits per heavy atom. The number of aliphatic hydroxyl groups excluding tert-OH is 2. The SMILES string of the molecule is C=C(CCC(C)C1CCC2C3=CC(O)C4(O)CC(O)CCC4(C)C3(O)CCC21C)C(C)C. The van der Waals surface area contributed by atoms with E-state index in [4.69, 9.17) is 0 Å². The summed E-state index contributed by atoms with van der Waals surface area (Å²) in [6.45, 7) is 15.4.